The topological polar surface area (TPSA) is 61.0 Å². The van der Waals surface area contributed by atoms with Gasteiger partial charge in [0, 0.05) is 18.0 Å². The number of hydrogen-bond acceptors (Lipinski definition) is 5. The molecule has 0 aliphatic carbocycles. The summed E-state index contributed by atoms with van der Waals surface area (Å²) in [5.41, 5.74) is 1.62. The molecular weight excluding hydrogens is 302 g/mol. The van der Waals surface area contributed by atoms with Crippen LogP contribution >= 0.6 is 0 Å². The third-order valence-electron chi connectivity index (χ3n) is 3.41. The Kier molecular flexibility index (Phi) is 3.73. The molecule has 0 saturated carbocycles. The van der Waals surface area contributed by atoms with Crippen molar-refractivity contribution >= 4 is 0 Å². The minimum Gasteiger partial charge on any atom is -0.457 e. The van der Waals surface area contributed by atoms with Crippen LogP contribution in [-0.2, 0) is 0 Å². The normalized spacial score (nSPS) is 10.5. The Hall–Kier alpha value is -3.47. The molecule has 0 amide bonds. The highest BCUT2D eigenvalue weighted by atomic mass is 16.5. The SMILES string of the molecule is c1ccc(Oc2ccc(-c3nnc(-c4cccnc4)o3)cc2)cc1. The predicted molar refractivity (Wildman–Crippen MR) is 89.5 cm³/mol. The van der Waals surface area contributed by atoms with E-state index in [4.69, 9.17) is 9.15 Å². The fraction of sp³-hybridized carbons (Fsp3) is 0. The third-order valence-corrected chi connectivity index (χ3v) is 3.41. The van der Waals surface area contributed by atoms with Crippen LogP contribution in [-0.4, -0.2) is 15.2 Å². The van der Waals surface area contributed by atoms with E-state index in [1.807, 2.05) is 66.7 Å². The zero-order valence-electron chi connectivity index (χ0n) is 12.7. The molecule has 0 bridgehead atoms. The fourth-order valence-corrected chi connectivity index (χ4v) is 2.24. The summed E-state index contributed by atoms with van der Waals surface area (Å²) in [6.07, 6.45) is 3.39. The molecule has 0 fully saturated rings. The number of pyridine rings is 1. The summed E-state index contributed by atoms with van der Waals surface area (Å²) >= 11 is 0. The molecule has 2 aromatic carbocycles. The predicted octanol–water partition coefficient (Wildman–Crippen LogP) is 4.59. The Morgan fingerprint density at radius 1 is 0.667 bits per heavy atom. The Balaban J connectivity index is 1.54. The fourth-order valence-electron chi connectivity index (χ4n) is 2.24. The van der Waals surface area contributed by atoms with Gasteiger partial charge in [-0.05, 0) is 48.5 Å². The standard InChI is InChI=1S/C19H13N3O2/c1-2-6-16(7-3-1)23-17-10-8-14(9-11-17)18-21-22-19(24-18)15-5-4-12-20-13-15/h1-13H. The molecule has 0 aliphatic rings. The van der Waals surface area contributed by atoms with Crippen LogP contribution < -0.4 is 4.74 Å². The lowest BCUT2D eigenvalue weighted by molar-refractivity contribution is 0.482. The zero-order chi connectivity index (χ0) is 16.2. The molecular formula is C19H13N3O2. The van der Waals surface area contributed by atoms with Gasteiger partial charge >= 0.3 is 0 Å². The van der Waals surface area contributed by atoms with Crippen molar-refractivity contribution in [1.82, 2.24) is 15.2 Å². The Bertz CT molecular complexity index is 920. The molecule has 0 radical (unpaired) electrons. The number of hydrogen-bond donors (Lipinski definition) is 0. The second-order valence-corrected chi connectivity index (χ2v) is 5.09. The van der Waals surface area contributed by atoms with Gasteiger partial charge in [-0.3, -0.25) is 4.98 Å². The van der Waals surface area contributed by atoms with E-state index in [1.54, 1.807) is 12.4 Å². The molecule has 2 aromatic heterocycles. The van der Waals surface area contributed by atoms with Gasteiger partial charge in [-0.2, -0.15) is 0 Å². The number of benzene rings is 2. The molecule has 0 saturated heterocycles. The van der Waals surface area contributed by atoms with E-state index >= 15 is 0 Å². The minimum atomic E-state index is 0.447. The van der Waals surface area contributed by atoms with Gasteiger partial charge < -0.3 is 9.15 Å². The van der Waals surface area contributed by atoms with Crippen LogP contribution in [0, 0.1) is 0 Å². The van der Waals surface area contributed by atoms with Crippen molar-refractivity contribution in [1.29, 1.82) is 0 Å². The molecule has 4 rings (SSSR count). The first-order valence-corrected chi connectivity index (χ1v) is 7.46. The summed E-state index contributed by atoms with van der Waals surface area (Å²) < 4.78 is 11.5. The quantitative estimate of drug-likeness (QED) is 0.551. The van der Waals surface area contributed by atoms with E-state index in [0.717, 1.165) is 22.6 Å². The summed E-state index contributed by atoms with van der Waals surface area (Å²) in [7, 11) is 0. The smallest absolute Gasteiger partial charge is 0.249 e. The molecule has 24 heavy (non-hydrogen) atoms. The summed E-state index contributed by atoms with van der Waals surface area (Å²) in [5.74, 6) is 2.45. The van der Waals surface area contributed by atoms with Crippen molar-refractivity contribution in [3.05, 3.63) is 79.1 Å². The highest BCUT2D eigenvalue weighted by molar-refractivity contribution is 5.58. The highest BCUT2D eigenvalue weighted by Crippen LogP contribution is 2.27. The lowest BCUT2D eigenvalue weighted by Crippen LogP contribution is -1.84. The summed E-state index contributed by atoms with van der Waals surface area (Å²) in [6, 6.07) is 20.9. The van der Waals surface area contributed by atoms with Crippen molar-refractivity contribution in [2.24, 2.45) is 0 Å². The maximum atomic E-state index is 5.77. The van der Waals surface area contributed by atoms with E-state index in [9.17, 15) is 0 Å². The molecule has 2 heterocycles. The number of para-hydroxylation sites is 1. The molecule has 5 nitrogen and oxygen atoms in total. The molecule has 0 N–H and O–H groups in total. The number of ether oxygens (including phenoxy) is 1. The molecule has 0 spiro atoms. The maximum absolute atomic E-state index is 5.77. The van der Waals surface area contributed by atoms with Gasteiger partial charge in [0.15, 0.2) is 0 Å². The Morgan fingerprint density at radius 3 is 2.08 bits per heavy atom. The second-order valence-electron chi connectivity index (χ2n) is 5.09. The van der Waals surface area contributed by atoms with Crippen LogP contribution in [0.1, 0.15) is 0 Å². The summed E-state index contributed by atoms with van der Waals surface area (Å²) in [4.78, 5) is 4.05. The van der Waals surface area contributed by atoms with E-state index in [1.165, 1.54) is 0 Å². The van der Waals surface area contributed by atoms with Gasteiger partial charge in [0.1, 0.15) is 11.5 Å². The minimum absolute atomic E-state index is 0.447. The lowest BCUT2D eigenvalue weighted by Gasteiger charge is -2.05. The molecule has 0 atom stereocenters. The zero-order valence-corrected chi connectivity index (χ0v) is 12.7. The number of rotatable bonds is 4. The monoisotopic (exact) mass is 315 g/mol. The first kappa shape index (κ1) is 14.1. The first-order chi connectivity index (χ1) is 11.9. The number of nitrogens with zero attached hydrogens (tertiary/aromatic N) is 3. The van der Waals surface area contributed by atoms with Crippen LogP contribution in [0.4, 0.5) is 0 Å². The second kappa shape index (κ2) is 6.34. The third kappa shape index (κ3) is 3.01. The van der Waals surface area contributed by atoms with Crippen molar-refractivity contribution < 1.29 is 9.15 Å². The van der Waals surface area contributed by atoms with Crippen LogP contribution in [0.3, 0.4) is 0 Å². The lowest BCUT2D eigenvalue weighted by atomic mass is 10.2. The van der Waals surface area contributed by atoms with Gasteiger partial charge in [-0.1, -0.05) is 18.2 Å². The van der Waals surface area contributed by atoms with Crippen LogP contribution in [0.2, 0.25) is 0 Å². The Labute approximate surface area is 138 Å². The van der Waals surface area contributed by atoms with Crippen molar-refractivity contribution in [2.75, 3.05) is 0 Å². The van der Waals surface area contributed by atoms with Crippen molar-refractivity contribution in [3.63, 3.8) is 0 Å². The largest absolute Gasteiger partial charge is 0.457 e. The molecule has 0 unspecified atom stereocenters. The summed E-state index contributed by atoms with van der Waals surface area (Å²) in [5, 5.41) is 8.16. The van der Waals surface area contributed by atoms with Crippen LogP contribution in [0.25, 0.3) is 22.9 Å². The van der Waals surface area contributed by atoms with E-state index in [2.05, 4.69) is 15.2 Å². The van der Waals surface area contributed by atoms with Crippen LogP contribution in [0.15, 0.2) is 83.5 Å². The van der Waals surface area contributed by atoms with Gasteiger partial charge in [0.25, 0.3) is 0 Å². The highest BCUT2D eigenvalue weighted by Gasteiger charge is 2.10. The van der Waals surface area contributed by atoms with Crippen molar-refractivity contribution in [2.45, 2.75) is 0 Å². The molecule has 5 heteroatoms. The van der Waals surface area contributed by atoms with Crippen molar-refractivity contribution in [3.8, 4) is 34.4 Å². The maximum Gasteiger partial charge on any atom is 0.249 e. The van der Waals surface area contributed by atoms with Gasteiger partial charge in [0.05, 0.1) is 5.56 Å². The number of aromatic nitrogens is 3. The summed E-state index contributed by atoms with van der Waals surface area (Å²) in [6.45, 7) is 0. The van der Waals surface area contributed by atoms with Gasteiger partial charge in [-0.25, -0.2) is 0 Å². The molecule has 4 aromatic rings. The van der Waals surface area contributed by atoms with Gasteiger partial charge in [0.2, 0.25) is 11.8 Å². The van der Waals surface area contributed by atoms with E-state index in [0.29, 0.717) is 11.8 Å². The van der Waals surface area contributed by atoms with E-state index < -0.39 is 0 Å². The molecule has 116 valence electrons. The average Bonchev–Trinajstić information content (AvgIpc) is 3.14. The van der Waals surface area contributed by atoms with Crippen LogP contribution in [0.5, 0.6) is 11.5 Å². The average molecular weight is 315 g/mol. The Morgan fingerprint density at radius 2 is 1.38 bits per heavy atom. The van der Waals surface area contributed by atoms with E-state index in [-0.39, 0.29) is 0 Å². The molecule has 0 aliphatic heterocycles. The van der Waals surface area contributed by atoms with Gasteiger partial charge in [-0.15, -0.1) is 10.2 Å². The first-order valence-electron chi connectivity index (χ1n) is 7.46.